The van der Waals surface area contributed by atoms with Crippen LogP contribution >= 0.6 is 0 Å². The molecule has 3 atom stereocenters. The molecule has 1 aliphatic carbocycles. The first-order valence-electron chi connectivity index (χ1n) is 6.83. The minimum atomic E-state index is -0.728. The van der Waals surface area contributed by atoms with Crippen molar-refractivity contribution in [2.75, 3.05) is 7.11 Å². The molecule has 0 N–H and O–H groups in total. The molecule has 1 rings (SSSR count). The van der Waals surface area contributed by atoms with Gasteiger partial charge in [0.25, 0.3) is 0 Å². The first kappa shape index (κ1) is 15.7. The van der Waals surface area contributed by atoms with Gasteiger partial charge in [-0.15, -0.1) is 0 Å². The summed E-state index contributed by atoms with van der Waals surface area (Å²) in [5.41, 5.74) is -0.234. The summed E-state index contributed by atoms with van der Waals surface area (Å²) in [6, 6.07) is 0. The molecular formula is C15H24O4. The van der Waals surface area contributed by atoms with Gasteiger partial charge in [-0.25, -0.2) is 9.59 Å². The first-order chi connectivity index (χ1) is 8.85. The van der Waals surface area contributed by atoms with Crippen LogP contribution in [0.15, 0.2) is 12.2 Å². The molecule has 19 heavy (non-hydrogen) atoms. The Morgan fingerprint density at radius 1 is 1.16 bits per heavy atom. The van der Waals surface area contributed by atoms with Crippen LogP contribution in [-0.4, -0.2) is 25.2 Å². The highest BCUT2D eigenvalue weighted by Gasteiger charge is 2.31. The van der Waals surface area contributed by atoms with E-state index in [4.69, 9.17) is 4.74 Å². The van der Waals surface area contributed by atoms with Gasteiger partial charge in [-0.1, -0.05) is 27.4 Å². The molecule has 4 heteroatoms. The maximum atomic E-state index is 11.8. The van der Waals surface area contributed by atoms with Crippen LogP contribution in [0.1, 0.15) is 40.0 Å². The fourth-order valence-corrected chi connectivity index (χ4v) is 2.66. The van der Waals surface area contributed by atoms with Crippen molar-refractivity contribution in [2.45, 2.75) is 46.1 Å². The van der Waals surface area contributed by atoms with Crippen LogP contribution in [-0.2, 0) is 19.1 Å². The van der Waals surface area contributed by atoms with Crippen LogP contribution in [0, 0.1) is 17.8 Å². The van der Waals surface area contributed by atoms with Gasteiger partial charge in [0.1, 0.15) is 11.7 Å². The molecule has 0 amide bonds. The van der Waals surface area contributed by atoms with Crippen LogP contribution in [0.2, 0.25) is 0 Å². The Balaban J connectivity index is 2.58. The van der Waals surface area contributed by atoms with E-state index in [1.807, 2.05) is 0 Å². The summed E-state index contributed by atoms with van der Waals surface area (Å²) >= 11 is 0. The number of hydrogen-bond acceptors (Lipinski definition) is 4. The third kappa shape index (κ3) is 4.37. The normalized spacial score (nSPS) is 26.9. The average Bonchev–Trinajstić information content (AvgIpc) is 2.35. The lowest BCUT2D eigenvalue weighted by molar-refractivity contribution is -0.151. The Morgan fingerprint density at radius 2 is 1.79 bits per heavy atom. The molecule has 1 saturated carbocycles. The summed E-state index contributed by atoms with van der Waals surface area (Å²) in [6.45, 7) is 9.96. The molecule has 0 aromatic heterocycles. The molecular weight excluding hydrogens is 244 g/mol. The van der Waals surface area contributed by atoms with Gasteiger partial charge in [-0.05, 0) is 37.0 Å². The zero-order valence-electron chi connectivity index (χ0n) is 12.3. The highest BCUT2D eigenvalue weighted by atomic mass is 16.6. The van der Waals surface area contributed by atoms with E-state index in [9.17, 15) is 9.59 Å². The lowest BCUT2D eigenvalue weighted by atomic mass is 9.75. The van der Waals surface area contributed by atoms with Crippen LogP contribution in [0.3, 0.4) is 0 Å². The van der Waals surface area contributed by atoms with Gasteiger partial charge in [-0.3, -0.25) is 0 Å². The Labute approximate surface area is 115 Å². The number of rotatable bonds is 4. The standard InChI is InChI=1S/C15H24O4/c1-9(2)12-6-10(3)7-13(8-12)19-15(17)11(4)14(16)18-5/h9-10,12-13H,4,6-8H2,1-3,5H3/t10-,12-,13-/m1/s1. The second kappa shape index (κ2) is 6.73. The molecule has 0 aromatic carbocycles. The van der Waals surface area contributed by atoms with Crippen LogP contribution in [0.25, 0.3) is 0 Å². The van der Waals surface area contributed by atoms with E-state index < -0.39 is 11.9 Å². The summed E-state index contributed by atoms with van der Waals surface area (Å²) in [6.07, 6.45) is 2.76. The fraction of sp³-hybridized carbons (Fsp3) is 0.733. The molecule has 0 heterocycles. The topological polar surface area (TPSA) is 52.6 Å². The molecule has 0 spiro atoms. The molecule has 1 fully saturated rings. The number of carbonyl (C=O) groups is 2. The molecule has 0 bridgehead atoms. The minimum Gasteiger partial charge on any atom is -0.465 e. The molecule has 0 aliphatic heterocycles. The van der Waals surface area contributed by atoms with Crippen molar-refractivity contribution in [3.8, 4) is 0 Å². The summed E-state index contributed by atoms with van der Waals surface area (Å²) in [5, 5.41) is 0. The third-order valence-electron chi connectivity index (χ3n) is 3.83. The van der Waals surface area contributed by atoms with Crippen LogP contribution < -0.4 is 0 Å². The van der Waals surface area contributed by atoms with Gasteiger partial charge in [0, 0.05) is 0 Å². The molecule has 0 radical (unpaired) electrons. The van der Waals surface area contributed by atoms with Gasteiger partial charge in [0.15, 0.2) is 0 Å². The second-order valence-electron chi connectivity index (χ2n) is 5.81. The largest absolute Gasteiger partial charge is 0.465 e. The monoisotopic (exact) mass is 268 g/mol. The van der Waals surface area contributed by atoms with Gasteiger partial charge < -0.3 is 9.47 Å². The summed E-state index contributed by atoms with van der Waals surface area (Å²) in [5.74, 6) is 0.286. The lowest BCUT2D eigenvalue weighted by Crippen LogP contribution is -2.32. The number of hydrogen-bond donors (Lipinski definition) is 0. The van der Waals surface area contributed by atoms with E-state index >= 15 is 0 Å². The fourth-order valence-electron chi connectivity index (χ4n) is 2.66. The van der Waals surface area contributed by atoms with Gasteiger partial charge >= 0.3 is 11.9 Å². The number of esters is 2. The van der Waals surface area contributed by atoms with Crippen molar-refractivity contribution in [1.29, 1.82) is 0 Å². The number of ether oxygens (including phenoxy) is 2. The number of carbonyl (C=O) groups excluding carboxylic acids is 2. The van der Waals surface area contributed by atoms with Crippen LogP contribution in [0.5, 0.6) is 0 Å². The van der Waals surface area contributed by atoms with E-state index in [0.29, 0.717) is 17.8 Å². The third-order valence-corrected chi connectivity index (χ3v) is 3.83. The molecule has 0 unspecified atom stereocenters. The molecule has 0 saturated heterocycles. The highest BCUT2D eigenvalue weighted by Crippen LogP contribution is 2.35. The minimum absolute atomic E-state index is 0.120. The van der Waals surface area contributed by atoms with E-state index in [1.165, 1.54) is 13.5 Å². The second-order valence-corrected chi connectivity index (χ2v) is 5.81. The van der Waals surface area contributed by atoms with Gasteiger partial charge in [0.2, 0.25) is 0 Å². The summed E-state index contributed by atoms with van der Waals surface area (Å²) < 4.78 is 9.85. The quantitative estimate of drug-likeness (QED) is 0.340. The maximum Gasteiger partial charge on any atom is 0.345 e. The molecule has 108 valence electrons. The highest BCUT2D eigenvalue weighted by molar-refractivity contribution is 6.13. The molecule has 1 aliphatic rings. The van der Waals surface area contributed by atoms with E-state index in [0.717, 1.165) is 12.8 Å². The Kier molecular flexibility index (Phi) is 5.58. The molecule has 4 nitrogen and oxygen atoms in total. The Hall–Kier alpha value is -1.32. The van der Waals surface area contributed by atoms with E-state index in [1.54, 1.807) is 0 Å². The predicted octanol–water partition coefficient (Wildman–Crippen LogP) is 2.72. The summed E-state index contributed by atoms with van der Waals surface area (Å²) in [7, 11) is 1.22. The zero-order valence-corrected chi connectivity index (χ0v) is 12.3. The van der Waals surface area contributed by atoms with E-state index in [-0.39, 0.29) is 11.7 Å². The Morgan fingerprint density at radius 3 is 2.32 bits per heavy atom. The van der Waals surface area contributed by atoms with E-state index in [2.05, 4.69) is 32.1 Å². The van der Waals surface area contributed by atoms with Crippen molar-refractivity contribution < 1.29 is 19.1 Å². The first-order valence-corrected chi connectivity index (χ1v) is 6.83. The van der Waals surface area contributed by atoms with Gasteiger partial charge in [-0.2, -0.15) is 0 Å². The SMILES string of the molecule is C=C(C(=O)OC)C(=O)O[C@@H]1C[C@H](C)C[C@@H](C(C)C)C1. The van der Waals surface area contributed by atoms with Crippen molar-refractivity contribution >= 4 is 11.9 Å². The zero-order chi connectivity index (χ0) is 14.6. The van der Waals surface area contributed by atoms with Crippen molar-refractivity contribution in [3.63, 3.8) is 0 Å². The predicted molar refractivity (Wildman–Crippen MR) is 72.4 cm³/mol. The average molecular weight is 268 g/mol. The Bertz CT molecular complexity index is 359. The van der Waals surface area contributed by atoms with Crippen LogP contribution in [0.4, 0.5) is 0 Å². The number of methoxy groups -OCH3 is 1. The smallest absolute Gasteiger partial charge is 0.345 e. The summed E-state index contributed by atoms with van der Waals surface area (Å²) in [4.78, 5) is 23.0. The lowest BCUT2D eigenvalue weighted by Gasteiger charge is -2.35. The maximum absolute atomic E-state index is 11.8. The van der Waals surface area contributed by atoms with Crippen molar-refractivity contribution in [2.24, 2.45) is 17.8 Å². The molecule has 0 aromatic rings. The van der Waals surface area contributed by atoms with Crippen molar-refractivity contribution in [3.05, 3.63) is 12.2 Å². The van der Waals surface area contributed by atoms with Gasteiger partial charge in [0.05, 0.1) is 7.11 Å². The van der Waals surface area contributed by atoms with Crippen molar-refractivity contribution in [1.82, 2.24) is 0 Å².